The van der Waals surface area contributed by atoms with Crippen molar-refractivity contribution >= 4 is 51.9 Å². The first-order chi connectivity index (χ1) is 23.6. The van der Waals surface area contributed by atoms with Crippen LogP contribution >= 0.6 is 0 Å². The van der Waals surface area contributed by atoms with Crippen LogP contribution in [-0.4, -0.2) is 77.3 Å². The van der Waals surface area contributed by atoms with Crippen LogP contribution in [0.15, 0.2) is 29.2 Å². The molecule has 0 radical (unpaired) electrons. The molecule has 1 amide bonds. The van der Waals surface area contributed by atoms with Crippen LogP contribution in [0.25, 0.3) is 22.1 Å². The van der Waals surface area contributed by atoms with E-state index >= 15 is 0 Å². The number of rotatable bonds is 8. The van der Waals surface area contributed by atoms with Crippen molar-refractivity contribution in [3.8, 4) is 0 Å². The van der Waals surface area contributed by atoms with Gasteiger partial charge in [-0.3, -0.25) is 19.3 Å². The van der Waals surface area contributed by atoms with Crippen LogP contribution in [0.3, 0.4) is 0 Å². The number of fused-ring (bicyclic) bond motifs is 2. The normalized spacial score (nSPS) is 15.9. The molecule has 4 aromatic heterocycles. The predicted molar refractivity (Wildman–Crippen MR) is 182 cm³/mol. The van der Waals surface area contributed by atoms with Gasteiger partial charge in [-0.05, 0) is 43.7 Å². The molecule has 0 spiro atoms. The number of methoxy groups -OCH3 is 1. The summed E-state index contributed by atoms with van der Waals surface area (Å²) >= 11 is 0. The first-order valence-electron chi connectivity index (χ1n) is 16.0. The Morgan fingerprint density at radius 1 is 1.16 bits per heavy atom. The van der Waals surface area contributed by atoms with E-state index < -0.39 is 29.8 Å². The van der Waals surface area contributed by atoms with Crippen molar-refractivity contribution in [2.75, 3.05) is 24.8 Å². The second kappa shape index (κ2) is 19.4. The first-order valence-corrected chi connectivity index (χ1v) is 16.0. The van der Waals surface area contributed by atoms with Crippen LogP contribution in [0, 0.1) is 11.8 Å². The average Bonchev–Trinajstić information content (AvgIpc) is 3.76. The third kappa shape index (κ3) is 10.9. The van der Waals surface area contributed by atoms with E-state index in [1.54, 1.807) is 19.2 Å². The number of amides is 1. The van der Waals surface area contributed by atoms with E-state index in [0.717, 1.165) is 24.6 Å². The number of imidazole rings is 1. The van der Waals surface area contributed by atoms with Gasteiger partial charge in [0.2, 0.25) is 5.91 Å². The molecule has 50 heavy (non-hydrogen) atoms. The lowest BCUT2D eigenvalue weighted by molar-refractivity contribution is -0.374. The maximum absolute atomic E-state index is 13.0. The summed E-state index contributed by atoms with van der Waals surface area (Å²) in [5.41, 5.74) is 4.91. The smallest absolute Gasteiger partial charge is 0.400 e. The minimum absolute atomic E-state index is 0.113. The van der Waals surface area contributed by atoms with Crippen molar-refractivity contribution in [3.63, 3.8) is 0 Å². The number of alkyl halides is 3. The van der Waals surface area contributed by atoms with Gasteiger partial charge in [-0.25, -0.2) is 19.3 Å². The number of nitrogens with two attached hydrogens (primary N) is 1. The number of halogens is 3. The van der Waals surface area contributed by atoms with Gasteiger partial charge >= 0.3 is 18.0 Å². The largest absolute Gasteiger partial charge is 0.471 e. The molecule has 1 aliphatic rings. The van der Waals surface area contributed by atoms with Crippen LogP contribution in [0.4, 0.5) is 30.6 Å². The molecule has 280 valence electrons. The van der Waals surface area contributed by atoms with Gasteiger partial charge in [-0.2, -0.15) is 18.3 Å². The van der Waals surface area contributed by atoms with E-state index in [1.807, 2.05) is 33.8 Å². The summed E-state index contributed by atoms with van der Waals surface area (Å²) in [6.07, 6.45) is -4.26. The lowest BCUT2D eigenvalue weighted by atomic mass is 10.1. The summed E-state index contributed by atoms with van der Waals surface area (Å²) < 4.78 is 40.9. The highest BCUT2D eigenvalue weighted by molar-refractivity contribution is 5.88. The van der Waals surface area contributed by atoms with Gasteiger partial charge in [0.15, 0.2) is 11.5 Å². The number of nitrogens with one attached hydrogen (secondary N) is 3. The third-order valence-corrected chi connectivity index (χ3v) is 7.25. The van der Waals surface area contributed by atoms with Crippen molar-refractivity contribution < 1.29 is 42.8 Å². The zero-order chi connectivity index (χ0) is 38.4. The van der Waals surface area contributed by atoms with E-state index in [0.29, 0.717) is 45.6 Å². The zero-order valence-electron chi connectivity index (χ0n) is 29.4. The number of carbonyl (C=O) groups excluding carboxylic acids is 2. The van der Waals surface area contributed by atoms with Gasteiger partial charge in [0.1, 0.15) is 17.6 Å². The van der Waals surface area contributed by atoms with Crippen LogP contribution in [0.5, 0.6) is 0 Å². The molecule has 0 bridgehead atoms. The van der Waals surface area contributed by atoms with Crippen molar-refractivity contribution in [2.45, 2.75) is 85.5 Å². The number of aromatic amines is 1. The Balaban J connectivity index is 0.000000583. The molecule has 1 aliphatic carbocycles. The summed E-state index contributed by atoms with van der Waals surface area (Å²) in [5, 5.41) is 43.3. The Morgan fingerprint density at radius 2 is 1.78 bits per heavy atom. The average molecular weight is 716 g/mol. The molecule has 0 saturated heterocycles. The highest BCUT2D eigenvalue weighted by Crippen LogP contribution is 2.36. The second-order valence-corrected chi connectivity index (χ2v) is 10.5. The number of nitrogens with zero attached hydrogens (tertiary/aromatic N) is 5. The fraction of sp³-hybridized carbons (Fsp3) is 0.548. The number of primary amides is 1. The fourth-order valence-corrected chi connectivity index (χ4v) is 5.13. The standard InChI is InChI=1S/C20H24N8O4.C5H8F3NO.C2H4O2.2C2H6/c1-10-3-4-11(7-10)27-13-8-16(22-9-14(13)28(19(27)29)20(30,31)32)23-15-6-5-12-17(21-2)25-26-18(12)24-15;1-2-3(4(9)10)5(6,7)8;1-4-2-3;2*1-2/h5-6,8-11,30-32H,3-4,7H2,1-2H3,(H3,21,22,23,24,25,26);3H,2H2,1H3,(H2,9,10);2H,1H3;2*1-2H3. The SMILES string of the molecule is CC.CC.CCC(C(N)=O)C(F)(F)F.CNc1n[nH]c2nc(Nc3cc4c(cn3)n(C(O)(O)O)c(=O)n4C3CCC(C)C3)ccc12.COC=O. The van der Waals surface area contributed by atoms with Gasteiger partial charge in [0.25, 0.3) is 6.47 Å². The summed E-state index contributed by atoms with van der Waals surface area (Å²) in [4.78, 5) is 40.8. The third-order valence-electron chi connectivity index (χ3n) is 7.25. The minimum Gasteiger partial charge on any atom is -0.471 e. The van der Waals surface area contributed by atoms with E-state index in [9.17, 15) is 38.1 Å². The Labute approximate surface area is 286 Å². The van der Waals surface area contributed by atoms with Gasteiger partial charge in [-0.1, -0.05) is 41.5 Å². The van der Waals surface area contributed by atoms with E-state index in [2.05, 4.69) is 48.2 Å². The molecule has 0 aromatic carbocycles. The highest BCUT2D eigenvalue weighted by Gasteiger charge is 2.42. The first kappa shape index (κ1) is 43.3. The number of H-pyrrole nitrogens is 1. The number of ether oxygens (including phenoxy) is 1. The van der Waals surface area contributed by atoms with Gasteiger partial charge in [-0.15, -0.1) is 0 Å². The van der Waals surface area contributed by atoms with Crippen LogP contribution in [0.1, 0.15) is 73.3 Å². The molecule has 4 aromatic rings. The Kier molecular flexibility index (Phi) is 16.8. The predicted octanol–water partition coefficient (Wildman–Crippen LogP) is 4.06. The maximum Gasteiger partial charge on any atom is 0.400 e. The van der Waals surface area contributed by atoms with Crippen LogP contribution in [-0.2, 0) is 20.4 Å². The summed E-state index contributed by atoms with van der Waals surface area (Å²) in [7, 11) is 3.09. The number of hydrogen-bond acceptors (Lipinski definition) is 12. The zero-order valence-corrected chi connectivity index (χ0v) is 29.4. The molecule has 4 heterocycles. The van der Waals surface area contributed by atoms with Crippen molar-refractivity contribution in [1.82, 2.24) is 29.3 Å². The number of aromatic nitrogens is 6. The van der Waals surface area contributed by atoms with Crippen molar-refractivity contribution in [2.24, 2.45) is 17.6 Å². The Bertz CT molecular complexity index is 1720. The lowest BCUT2D eigenvalue weighted by Crippen LogP contribution is -2.41. The fourth-order valence-electron chi connectivity index (χ4n) is 5.13. The molecule has 5 rings (SSSR count). The minimum atomic E-state index is -4.49. The molecule has 16 nitrogen and oxygen atoms in total. The van der Waals surface area contributed by atoms with Crippen LogP contribution < -0.4 is 22.1 Å². The van der Waals surface area contributed by atoms with Crippen molar-refractivity contribution in [3.05, 3.63) is 34.9 Å². The molecular weight excluding hydrogens is 667 g/mol. The molecule has 19 heteroatoms. The van der Waals surface area contributed by atoms with Gasteiger partial charge in [0, 0.05) is 19.2 Å². The molecule has 8 N–H and O–H groups in total. The molecular formula is C31H48F3N9O7. The lowest BCUT2D eigenvalue weighted by Gasteiger charge is -2.15. The Hall–Kier alpha value is -4.75. The number of carbonyl (C=O) groups is 2. The van der Waals surface area contributed by atoms with E-state index in [-0.39, 0.29) is 18.0 Å². The molecule has 1 saturated carbocycles. The van der Waals surface area contributed by atoms with Gasteiger partial charge < -0.3 is 36.4 Å². The molecule has 3 unspecified atom stereocenters. The maximum atomic E-state index is 13.0. The monoisotopic (exact) mass is 715 g/mol. The van der Waals surface area contributed by atoms with Crippen LogP contribution in [0.2, 0.25) is 0 Å². The molecule has 0 aliphatic heterocycles. The van der Waals surface area contributed by atoms with E-state index in [4.69, 9.17) is 4.79 Å². The number of anilines is 3. The van der Waals surface area contributed by atoms with Crippen molar-refractivity contribution in [1.29, 1.82) is 0 Å². The van der Waals surface area contributed by atoms with E-state index in [1.165, 1.54) is 24.8 Å². The Morgan fingerprint density at radius 3 is 2.22 bits per heavy atom. The summed E-state index contributed by atoms with van der Waals surface area (Å²) in [5.74, 6) is -1.24. The highest BCUT2D eigenvalue weighted by atomic mass is 19.4. The molecule has 1 fully saturated rings. The van der Waals surface area contributed by atoms with Gasteiger partial charge in [0.05, 0.1) is 29.7 Å². The summed E-state index contributed by atoms with van der Waals surface area (Å²) in [6.45, 7) is 11.8. The number of hydrogen-bond donors (Lipinski definition) is 7. The number of aliphatic hydroxyl groups is 3. The number of pyridine rings is 2. The quantitative estimate of drug-likeness (QED) is 0.101. The second-order valence-electron chi connectivity index (χ2n) is 10.5. The summed E-state index contributed by atoms with van der Waals surface area (Å²) in [6, 6.07) is 5.17. The molecule has 3 atom stereocenters. The topological polar surface area (TPSA) is 236 Å².